The second-order valence-electron chi connectivity index (χ2n) is 4.84. The zero-order valence-electron chi connectivity index (χ0n) is 12.6. The van der Waals surface area contributed by atoms with Crippen LogP contribution in [0.3, 0.4) is 0 Å². The van der Waals surface area contributed by atoms with Crippen LogP contribution in [-0.2, 0) is 11.3 Å². The molecule has 1 unspecified atom stereocenters. The zero-order valence-corrected chi connectivity index (χ0v) is 15.0. The molecular weight excluding hydrogens is 399 g/mol. The molecule has 0 bridgehead atoms. The Kier molecular flexibility index (Phi) is 8.25. The lowest BCUT2D eigenvalue weighted by atomic mass is 10.2. The number of guanidine groups is 1. The number of aliphatic imine (C=N–C) groups is 1. The molecule has 0 aliphatic carbocycles. The molecular formula is C14H23IN4O3. The van der Waals surface area contributed by atoms with Crippen molar-refractivity contribution in [2.24, 2.45) is 10.7 Å². The molecule has 1 aromatic rings. The van der Waals surface area contributed by atoms with Crippen molar-refractivity contribution < 1.29 is 13.9 Å². The summed E-state index contributed by atoms with van der Waals surface area (Å²) in [6.07, 6.45) is 2.44. The molecule has 124 valence electrons. The monoisotopic (exact) mass is 422 g/mol. The minimum absolute atomic E-state index is 0. The normalized spacial score (nSPS) is 17.9. The van der Waals surface area contributed by atoms with Gasteiger partial charge in [0.1, 0.15) is 12.3 Å². The van der Waals surface area contributed by atoms with Crippen LogP contribution < -0.4 is 16.4 Å². The maximum atomic E-state index is 11.0. The Hall–Kier alpha value is -1.29. The van der Waals surface area contributed by atoms with Gasteiger partial charge in [-0.3, -0.25) is 4.79 Å². The van der Waals surface area contributed by atoms with Gasteiger partial charge in [0.05, 0.1) is 6.10 Å². The van der Waals surface area contributed by atoms with E-state index in [1.165, 1.54) is 0 Å². The summed E-state index contributed by atoms with van der Waals surface area (Å²) in [6, 6.07) is 3.26. The Morgan fingerprint density at radius 1 is 1.45 bits per heavy atom. The first-order valence-electron chi connectivity index (χ1n) is 7.21. The van der Waals surface area contributed by atoms with Crippen LogP contribution in [0.2, 0.25) is 0 Å². The Bertz CT molecular complexity index is 498. The van der Waals surface area contributed by atoms with E-state index in [1.54, 1.807) is 12.1 Å². The number of ether oxygens (including phenoxy) is 1. The van der Waals surface area contributed by atoms with Gasteiger partial charge in [0.25, 0.3) is 5.91 Å². The first-order chi connectivity index (χ1) is 10.2. The molecule has 4 N–H and O–H groups in total. The van der Waals surface area contributed by atoms with Gasteiger partial charge >= 0.3 is 0 Å². The van der Waals surface area contributed by atoms with Gasteiger partial charge in [-0.05, 0) is 31.9 Å². The highest BCUT2D eigenvalue weighted by molar-refractivity contribution is 14.0. The number of nitrogens with two attached hydrogens (primary N) is 1. The van der Waals surface area contributed by atoms with E-state index in [9.17, 15) is 4.79 Å². The van der Waals surface area contributed by atoms with E-state index in [1.807, 2.05) is 6.92 Å². The fourth-order valence-electron chi connectivity index (χ4n) is 2.11. The standard InChI is InChI=1S/C14H22N4O3.HI/c1-2-16-14(17-8-10-4-3-7-20-10)18-9-11-5-6-12(21-11)13(15)19;/h5-6,10H,2-4,7-9H2,1H3,(H2,15,19)(H2,16,17,18);1H. The first kappa shape index (κ1) is 18.8. The SMILES string of the molecule is CCNC(=NCc1ccc(C(N)=O)o1)NCC1CCCO1.I. The second kappa shape index (κ2) is 9.67. The maximum absolute atomic E-state index is 11.0. The number of primary amides is 1. The highest BCUT2D eigenvalue weighted by Gasteiger charge is 2.15. The van der Waals surface area contributed by atoms with Gasteiger partial charge in [0.2, 0.25) is 0 Å². The molecule has 1 aromatic heterocycles. The molecule has 1 aliphatic heterocycles. The number of amides is 1. The van der Waals surface area contributed by atoms with E-state index in [4.69, 9.17) is 14.9 Å². The summed E-state index contributed by atoms with van der Waals surface area (Å²) in [6.45, 7) is 4.68. The van der Waals surface area contributed by atoms with E-state index >= 15 is 0 Å². The second-order valence-corrected chi connectivity index (χ2v) is 4.84. The van der Waals surface area contributed by atoms with Crippen molar-refractivity contribution in [1.29, 1.82) is 0 Å². The summed E-state index contributed by atoms with van der Waals surface area (Å²) >= 11 is 0. The maximum Gasteiger partial charge on any atom is 0.284 e. The third kappa shape index (κ3) is 5.84. The average Bonchev–Trinajstić information content (AvgIpc) is 3.13. The number of halogens is 1. The molecule has 2 heterocycles. The molecule has 1 saturated heterocycles. The van der Waals surface area contributed by atoms with Crippen molar-refractivity contribution in [3.05, 3.63) is 23.7 Å². The number of carbonyl (C=O) groups excluding carboxylic acids is 1. The van der Waals surface area contributed by atoms with Crippen LogP contribution in [0.25, 0.3) is 0 Å². The Morgan fingerprint density at radius 2 is 2.27 bits per heavy atom. The predicted octanol–water partition coefficient (Wildman–Crippen LogP) is 1.23. The number of furan rings is 1. The smallest absolute Gasteiger partial charge is 0.284 e. The summed E-state index contributed by atoms with van der Waals surface area (Å²) in [5, 5.41) is 6.40. The number of nitrogens with one attached hydrogen (secondary N) is 2. The number of hydrogen-bond acceptors (Lipinski definition) is 4. The van der Waals surface area contributed by atoms with Crippen LogP contribution in [0.4, 0.5) is 0 Å². The van der Waals surface area contributed by atoms with E-state index in [0.29, 0.717) is 18.3 Å². The molecule has 1 amide bonds. The molecule has 1 aliphatic rings. The molecule has 22 heavy (non-hydrogen) atoms. The molecule has 7 nitrogen and oxygen atoms in total. The summed E-state index contributed by atoms with van der Waals surface area (Å²) < 4.78 is 10.8. The number of carbonyl (C=O) groups is 1. The summed E-state index contributed by atoms with van der Waals surface area (Å²) in [5.41, 5.74) is 5.14. The van der Waals surface area contributed by atoms with Gasteiger partial charge in [0, 0.05) is 19.7 Å². The minimum Gasteiger partial charge on any atom is -0.454 e. The Morgan fingerprint density at radius 3 is 2.86 bits per heavy atom. The fraction of sp³-hybridized carbons (Fsp3) is 0.571. The molecule has 0 radical (unpaired) electrons. The number of rotatable bonds is 6. The van der Waals surface area contributed by atoms with E-state index in [-0.39, 0.29) is 35.8 Å². The zero-order chi connectivity index (χ0) is 15.1. The number of hydrogen-bond donors (Lipinski definition) is 3. The molecule has 1 fully saturated rings. The first-order valence-corrected chi connectivity index (χ1v) is 7.21. The van der Waals surface area contributed by atoms with E-state index in [2.05, 4.69) is 15.6 Å². The van der Waals surface area contributed by atoms with E-state index in [0.717, 1.165) is 32.5 Å². The van der Waals surface area contributed by atoms with Crippen molar-refractivity contribution in [3.8, 4) is 0 Å². The average molecular weight is 422 g/mol. The Balaban J connectivity index is 0.00000242. The quantitative estimate of drug-likeness (QED) is 0.364. The third-order valence-electron chi connectivity index (χ3n) is 3.16. The lowest BCUT2D eigenvalue weighted by Gasteiger charge is -2.14. The molecule has 0 aromatic carbocycles. The van der Waals surface area contributed by atoms with Gasteiger partial charge in [-0.25, -0.2) is 4.99 Å². The molecule has 0 saturated carbocycles. The summed E-state index contributed by atoms with van der Waals surface area (Å²) in [4.78, 5) is 15.4. The minimum atomic E-state index is -0.575. The highest BCUT2D eigenvalue weighted by atomic mass is 127. The lowest BCUT2D eigenvalue weighted by molar-refractivity contribution is 0.0972. The van der Waals surface area contributed by atoms with Crippen LogP contribution in [0, 0.1) is 0 Å². The highest BCUT2D eigenvalue weighted by Crippen LogP contribution is 2.11. The van der Waals surface area contributed by atoms with Gasteiger partial charge in [-0.15, -0.1) is 24.0 Å². The molecule has 2 rings (SSSR count). The molecule has 1 atom stereocenters. The molecule has 0 spiro atoms. The lowest BCUT2D eigenvalue weighted by Crippen LogP contribution is -2.41. The fourth-order valence-corrected chi connectivity index (χ4v) is 2.11. The summed E-state index contributed by atoms with van der Waals surface area (Å²) in [7, 11) is 0. The van der Waals surface area contributed by atoms with Crippen LogP contribution in [-0.4, -0.2) is 37.7 Å². The van der Waals surface area contributed by atoms with Crippen LogP contribution in [0.1, 0.15) is 36.1 Å². The van der Waals surface area contributed by atoms with Crippen LogP contribution in [0.15, 0.2) is 21.5 Å². The van der Waals surface area contributed by atoms with E-state index < -0.39 is 5.91 Å². The predicted molar refractivity (Wildman–Crippen MR) is 94.4 cm³/mol. The van der Waals surface area contributed by atoms with Crippen molar-refractivity contribution in [1.82, 2.24) is 10.6 Å². The van der Waals surface area contributed by atoms with Crippen molar-refractivity contribution >= 4 is 35.8 Å². The largest absolute Gasteiger partial charge is 0.454 e. The van der Waals surface area contributed by atoms with Crippen molar-refractivity contribution in [2.45, 2.75) is 32.4 Å². The topological polar surface area (TPSA) is 102 Å². The third-order valence-corrected chi connectivity index (χ3v) is 3.16. The molecule has 8 heteroatoms. The van der Waals surface area contributed by atoms with Crippen LogP contribution >= 0.6 is 24.0 Å². The van der Waals surface area contributed by atoms with Crippen molar-refractivity contribution in [2.75, 3.05) is 19.7 Å². The summed E-state index contributed by atoms with van der Waals surface area (Å²) in [5.74, 6) is 0.870. The van der Waals surface area contributed by atoms with Gasteiger partial charge in [0.15, 0.2) is 11.7 Å². The Labute approximate surface area is 147 Å². The van der Waals surface area contributed by atoms with Gasteiger partial charge < -0.3 is 25.5 Å². The van der Waals surface area contributed by atoms with Crippen molar-refractivity contribution in [3.63, 3.8) is 0 Å². The van der Waals surface area contributed by atoms with Crippen LogP contribution in [0.5, 0.6) is 0 Å². The van der Waals surface area contributed by atoms with Gasteiger partial charge in [-0.1, -0.05) is 0 Å². The number of nitrogens with zero attached hydrogens (tertiary/aromatic N) is 1. The van der Waals surface area contributed by atoms with Gasteiger partial charge in [-0.2, -0.15) is 0 Å².